The van der Waals surface area contributed by atoms with Crippen LogP contribution in [0.25, 0.3) is 11.2 Å². The molecule has 0 bridgehead atoms. The standard InChI is InChI=1S/C19H30N6O4/c1-3-5-7-24(8-6-4-2)11-21-19-22-17-16(18(28)23-19)20-12-25(17)15-9-13(27)14(10-26)29-15/h11-15,26-27H,3-10H2,1-2H3,(H,22,23,28). The fourth-order valence-corrected chi connectivity index (χ4v) is 3.32. The van der Waals surface area contributed by atoms with E-state index in [0.29, 0.717) is 5.65 Å². The Morgan fingerprint density at radius 1 is 1.38 bits per heavy atom. The average molecular weight is 406 g/mol. The van der Waals surface area contributed by atoms with Gasteiger partial charge in [0.1, 0.15) is 12.3 Å². The van der Waals surface area contributed by atoms with Crippen molar-refractivity contribution in [3.05, 3.63) is 16.7 Å². The van der Waals surface area contributed by atoms with Gasteiger partial charge in [-0.2, -0.15) is 4.98 Å². The molecule has 0 aromatic carbocycles. The first-order chi connectivity index (χ1) is 14.1. The van der Waals surface area contributed by atoms with Gasteiger partial charge in [0.15, 0.2) is 11.2 Å². The van der Waals surface area contributed by atoms with Crippen molar-refractivity contribution < 1.29 is 14.9 Å². The maximum absolute atomic E-state index is 12.4. The molecule has 3 rings (SSSR count). The number of ether oxygens (including phenoxy) is 1. The summed E-state index contributed by atoms with van der Waals surface area (Å²) in [5.41, 5.74) is 0.139. The number of imidazole rings is 1. The molecule has 3 N–H and O–H groups in total. The molecule has 10 heteroatoms. The average Bonchev–Trinajstić information content (AvgIpc) is 3.30. The van der Waals surface area contributed by atoms with Gasteiger partial charge in [0.2, 0.25) is 5.95 Å². The van der Waals surface area contributed by atoms with E-state index in [1.54, 1.807) is 10.9 Å². The van der Waals surface area contributed by atoms with E-state index in [-0.39, 0.29) is 30.1 Å². The number of aromatic amines is 1. The lowest BCUT2D eigenvalue weighted by atomic mass is 10.2. The Hall–Kier alpha value is -2.30. The second-order valence-corrected chi connectivity index (χ2v) is 7.32. The molecule has 3 atom stereocenters. The summed E-state index contributed by atoms with van der Waals surface area (Å²) in [6.45, 7) is 5.82. The van der Waals surface area contributed by atoms with Crippen molar-refractivity contribution in [1.29, 1.82) is 0 Å². The highest BCUT2D eigenvalue weighted by atomic mass is 16.5. The Morgan fingerprint density at radius 2 is 2.10 bits per heavy atom. The van der Waals surface area contributed by atoms with Gasteiger partial charge >= 0.3 is 0 Å². The van der Waals surface area contributed by atoms with Crippen molar-refractivity contribution in [2.24, 2.45) is 4.99 Å². The molecule has 2 aromatic heterocycles. The van der Waals surface area contributed by atoms with Crippen molar-refractivity contribution >= 4 is 23.5 Å². The van der Waals surface area contributed by atoms with Crippen LogP contribution in [0.5, 0.6) is 0 Å². The predicted molar refractivity (Wildman–Crippen MR) is 109 cm³/mol. The van der Waals surface area contributed by atoms with Crippen LogP contribution < -0.4 is 5.56 Å². The lowest BCUT2D eigenvalue weighted by Gasteiger charge is -2.18. The van der Waals surface area contributed by atoms with Crippen molar-refractivity contribution in [3.63, 3.8) is 0 Å². The SMILES string of the molecule is CCCCN(C=Nc1nc2c(ncn2C2CC(O)C(CO)O2)c(=O)[nH]1)CCCC. The number of rotatable bonds is 10. The van der Waals surface area contributed by atoms with Crippen LogP contribution in [0, 0.1) is 0 Å². The molecule has 3 heterocycles. The van der Waals surface area contributed by atoms with Gasteiger partial charge in [-0.3, -0.25) is 14.3 Å². The molecule has 3 unspecified atom stereocenters. The van der Waals surface area contributed by atoms with Crippen LogP contribution in [0.3, 0.4) is 0 Å². The van der Waals surface area contributed by atoms with Crippen LogP contribution in [0.1, 0.15) is 52.2 Å². The first-order valence-electron chi connectivity index (χ1n) is 10.3. The Balaban J connectivity index is 1.85. The number of aromatic nitrogens is 4. The first-order valence-corrected chi connectivity index (χ1v) is 10.3. The monoisotopic (exact) mass is 406 g/mol. The number of fused-ring (bicyclic) bond motifs is 1. The number of nitrogens with one attached hydrogen (secondary N) is 1. The first kappa shape index (κ1) is 21.4. The summed E-state index contributed by atoms with van der Waals surface area (Å²) < 4.78 is 7.27. The highest BCUT2D eigenvalue weighted by molar-refractivity contribution is 5.71. The highest BCUT2D eigenvalue weighted by Crippen LogP contribution is 2.30. The van der Waals surface area contributed by atoms with Crippen LogP contribution in [-0.2, 0) is 4.74 Å². The minimum Gasteiger partial charge on any atom is -0.394 e. The van der Waals surface area contributed by atoms with E-state index in [2.05, 4.69) is 38.7 Å². The van der Waals surface area contributed by atoms with Crippen molar-refractivity contribution in [3.8, 4) is 0 Å². The molecule has 1 saturated heterocycles. The number of H-pyrrole nitrogens is 1. The predicted octanol–water partition coefficient (Wildman–Crippen LogP) is 1.32. The van der Waals surface area contributed by atoms with Crippen LogP contribution in [-0.4, -0.2) is 72.9 Å². The van der Waals surface area contributed by atoms with Crippen molar-refractivity contribution in [2.75, 3.05) is 19.7 Å². The Bertz CT molecular complexity index is 871. The van der Waals surface area contributed by atoms with E-state index in [9.17, 15) is 15.0 Å². The third-order valence-corrected chi connectivity index (χ3v) is 5.06. The minimum atomic E-state index is -0.785. The number of hydrogen-bond donors (Lipinski definition) is 3. The number of aliphatic hydroxyl groups excluding tert-OH is 2. The summed E-state index contributed by atoms with van der Waals surface area (Å²) in [6, 6.07) is 0. The zero-order valence-electron chi connectivity index (χ0n) is 17.0. The van der Waals surface area contributed by atoms with E-state index in [1.807, 2.05) is 0 Å². The Kier molecular flexibility index (Phi) is 7.34. The zero-order valence-corrected chi connectivity index (χ0v) is 17.0. The van der Waals surface area contributed by atoms with E-state index in [0.717, 1.165) is 38.8 Å². The molecule has 0 radical (unpaired) electrons. The molecule has 0 aliphatic carbocycles. The smallest absolute Gasteiger partial charge is 0.280 e. The topological polar surface area (TPSA) is 129 Å². The third-order valence-electron chi connectivity index (χ3n) is 5.06. The molecule has 0 amide bonds. The summed E-state index contributed by atoms with van der Waals surface area (Å²) in [6.07, 6.45) is 5.81. The van der Waals surface area contributed by atoms with E-state index in [1.165, 1.54) is 6.33 Å². The number of nitrogens with zero attached hydrogens (tertiary/aromatic N) is 5. The van der Waals surface area contributed by atoms with E-state index in [4.69, 9.17) is 4.74 Å². The van der Waals surface area contributed by atoms with Gasteiger partial charge in [0.05, 0.1) is 25.4 Å². The van der Waals surface area contributed by atoms with Crippen molar-refractivity contribution in [2.45, 2.75) is 64.4 Å². The molecule has 29 heavy (non-hydrogen) atoms. The number of aliphatic imine (C=N–C) groups is 1. The summed E-state index contributed by atoms with van der Waals surface area (Å²) in [4.78, 5) is 30.2. The fraction of sp³-hybridized carbons (Fsp3) is 0.684. The maximum atomic E-state index is 12.4. The number of hydrogen-bond acceptors (Lipinski definition) is 7. The highest BCUT2D eigenvalue weighted by Gasteiger charge is 2.35. The van der Waals surface area contributed by atoms with Gasteiger partial charge < -0.3 is 19.8 Å². The molecule has 1 aliphatic rings. The zero-order chi connectivity index (χ0) is 20.8. The Labute approximate surface area is 169 Å². The quantitative estimate of drug-likeness (QED) is 0.401. The fourth-order valence-electron chi connectivity index (χ4n) is 3.32. The molecule has 0 spiro atoms. The molecule has 1 aliphatic heterocycles. The second-order valence-electron chi connectivity index (χ2n) is 7.32. The van der Waals surface area contributed by atoms with Gasteiger partial charge in [0, 0.05) is 19.5 Å². The van der Waals surface area contributed by atoms with Gasteiger partial charge in [-0.1, -0.05) is 26.7 Å². The lowest BCUT2D eigenvalue weighted by Crippen LogP contribution is -2.24. The molecule has 160 valence electrons. The summed E-state index contributed by atoms with van der Waals surface area (Å²) in [5.74, 6) is 0.194. The molecule has 10 nitrogen and oxygen atoms in total. The van der Waals surface area contributed by atoms with E-state index >= 15 is 0 Å². The van der Waals surface area contributed by atoms with Gasteiger partial charge in [-0.25, -0.2) is 9.98 Å². The third kappa shape index (κ3) is 5.01. The summed E-state index contributed by atoms with van der Waals surface area (Å²) >= 11 is 0. The number of aliphatic hydroxyl groups is 2. The lowest BCUT2D eigenvalue weighted by molar-refractivity contribution is -0.0432. The van der Waals surface area contributed by atoms with Crippen LogP contribution >= 0.6 is 0 Å². The van der Waals surface area contributed by atoms with Gasteiger partial charge in [0.25, 0.3) is 5.56 Å². The van der Waals surface area contributed by atoms with Crippen molar-refractivity contribution in [1.82, 2.24) is 24.4 Å². The normalized spacial score (nSPS) is 22.1. The molecule has 2 aromatic rings. The second kappa shape index (κ2) is 9.95. The van der Waals surface area contributed by atoms with Crippen LogP contribution in [0.2, 0.25) is 0 Å². The maximum Gasteiger partial charge on any atom is 0.280 e. The summed E-state index contributed by atoms with van der Waals surface area (Å²) in [7, 11) is 0. The largest absolute Gasteiger partial charge is 0.394 e. The summed E-state index contributed by atoms with van der Waals surface area (Å²) in [5, 5.41) is 19.3. The molecule has 1 fully saturated rings. The van der Waals surface area contributed by atoms with Crippen LogP contribution in [0.4, 0.5) is 5.95 Å². The van der Waals surface area contributed by atoms with Crippen LogP contribution in [0.15, 0.2) is 16.1 Å². The number of unbranched alkanes of at least 4 members (excludes halogenated alkanes) is 2. The molecule has 0 saturated carbocycles. The minimum absolute atomic E-state index is 0.184. The van der Waals surface area contributed by atoms with E-state index < -0.39 is 18.4 Å². The van der Waals surface area contributed by atoms with Gasteiger partial charge in [-0.05, 0) is 12.8 Å². The Morgan fingerprint density at radius 3 is 2.72 bits per heavy atom. The molecular weight excluding hydrogens is 376 g/mol. The molecular formula is C19H30N6O4. The van der Waals surface area contributed by atoms with Gasteiger partial charge in [-0.15, -0.1) is 0 Å².